The molecule has 2 aromatic rings. The highest BCUT2D eigenvalue weighted by molar-refractivity contribution is 6.05. The van der Waals surface area contributed by atoms with E-state index in [1.165, 1.54) is 0 Å². The number of rotatable bonds is 8. The standard InChI is InChI=1S/C22H26N4O3/c1-3-13-29-20-14-19(21(23)25-26(20)17-7-5-4-6-8-17)22(27)24-15-16-9-11-18(28-2)12-10-16/h4-12,14,19H,3,13,15H2,1-2H3,(H2,23,25)(H,24,27). The van der Waals surface area contributed by atoms with Crippen LogP contribution in [-0.2, 0) is 16.1 Å². The first-order chi connectivity index (χ1) is 14.1. The number of anilines is 1. The van der Waals surface area contributed by atoms with E-state index in [1.54, 1.807) is 18.2 Å². The maximum atomic E-state index is 12.8. The molecule has 1 atom stereocenters. The van der Waals surface area contributed by atoms with Crippen LogP contribution in [0, 0.1) is 5.92 Å². The summed E-state index contributed by atoms with van der Waals surface area (Å²) >= 11 is 0. The molecule has 0 aliphatic carbocycles. The normalized spacial score (nSPS) is 15.9. The maximum absolute atomic E-state index is 12.8. The Morgan fingerprint density at radius 2 is 1.90 bits per heavy atom. The molecule has 0 saturated heterocycles. The average Bonchev–Trinajstić information content (AvgIpc) is 2.77. The highest BCUT2D eigenvalue weighted by Gasteiger charge is 2.29. The van der Waals surface area contributed by atoms with Crippen LogP contribution in [-0.4, -0.2) is 25.5 Å². The van der Waals surface area contributed by atoms with E-state index >= 15 is 0 Å². The second-order valence-electron chi connectivity index (χ2n) is 6.57. The molecule has 0 spiro atoms. The largest absolute Gasteiger partial charge is 0.497 e. The van der Waals surface area contributed by atoms with Crippen LogP contribution in [0.25, 0.3) is 0 Å². The minimum Gasteiger partial charge on any atom is -0.497 e. The van der Waals surface area contributed by atoms with Gasteiger partial charge in [-0.05, 0) is 42.3 Å². The minimum absolute atomic E-state index is 0.213. The van der Waals surface area contributed by atoms with Crippen LogP contribution in [0.2, 0.25) is 0 Å². The monoisotopic (exact) mass is 394 g/mol. The number of ether oxygens (including phenoxy) is 2. The van der Waals surface area contributed by atoms with Gasteiger partial charge in [-0.15, -0.1) is 0 Å². The van der Waals surface area contributed by atoms with Crippen molar-refractivity contribution in [3.8, 4) is 5.75 Å². The van der Waals surface area contributed by atoms with Crippen molar-refractivity contribution in [2.75, 3.05) is 18.7 Å². The van der Waals surface area contributed by atoms with Crippen LogP contribution in [0.5, 0.6) is 5.75 Å². The molecule has 3 N–H and O–H groups in total. The zero-order valence-electron chi connectivity index (χ0n) is 16.7. The van der Waals surface area contributed by atoms with Gasteiger partial charge in [-0.1, -0.05) is 37.3 Å². The number of benzene rings is 2. The SMILES string of the molecule is CCCOC1=CC(C(=O)NCc2ccc(OC)cc2)C(N)=NN1c1ccccc1. The Labute approximate surface area is 170 Å². The topological polar surface area (TPSA) is 89.2 Å². The lowest BCUT2D eigenvalue weighted by atomic mass is 10.1. The number of nitrogens with two attached hydrogens (primary N) is 1. The van der Waals surface area contributed by atoms with Crippen LogP contribution in [0.1, 0.15) is 18.9 Å². The number of amides is 1. The first-order valence-electron chi connectivity index (χ1n) is 9.56. The average molecular weight is 394 g/mol. The first kappa shape index (κ1) is 20.3. The molecule has 7 heteroatoms. The van der Waals surface area contributed by atoms with Crippen molar-refractivity contribution in [2.24, 2.45) is 16.8 Å². The molecular formula is C22H26N4O3. The number of nitrogens with zero attached hydrogens (tertiary/aromatic N) is 2. The number of hydrogen-bond acceptors (Lipinski definition) is 6. The van der Waals surface area contributed by atoms with Crippen LogP contribution >= 0.6 is 0 Å². The maximum Gasteiger partial charge on any atom is 0.235 e. The molecule has 1 heterocycles. The number of carbonyl (C=O) groups is 1. The fourth-order valence-electron chi connectivity index (χ4n) is 2.85. The fraction of sp³-hybridized carbons (Fsp3) is 0.273. The molecule has 2 aromatic carbocycles. The van der Waals surface area contributed by atoms with Crippen LogP contribution in [0.15, 0.2) is 71.7 Å². The van der Waals surface area contributed by atoms with E-state index in [4.69, 9.17) is 15.2 Å². The number of methoxy groups -OCH3 is 1. The van der Waals surface area contributed by atoms with Crippen molar-refractivity contribution in [1.82, 2.24) is 5.32 Å². The van der Waals surface area contributed by atoms with Crippen LogP contribution in [0.3, 0.4) is 0 Å². The second kappa shape index (κ2) is 9.64. The van der Waals surface area contributed by atoms with Gasteiger partial charge < -0.3 is 20.5 Å². The van der Waals surface area contributed by atoms with E-state index < -0.39 is 5.92 Å². The molecule has 29 heavy (non-hydrogen) atoms. The Bertz CT molecular complexity index is 879. The van der Waals surface area contributed by atoms with Crippen molar-refractivity contribution >= 4 is 17.4 Å². The Morgan fingerprint density at radius 3 is 2.55 bits per heavy atom. The van der Waals surface area contributed by atoms with Gasteiger partial charge in [0.15, 0.2) is 0 Å². The third-order valence-corrected chi connectivity index (χ3v) is 4.42. The zero-order chi connectivity index (χ0) is 20.6. The number of hydrogen-bond donors (Lipinski definition) is 2. The molecule has 7 nitrogen and oxygen atoms in total. The third kappa shape index (κ3) is 5.07. The predicted molar refractivity (Wildman–Crippen MR) is 113 cm³/mol. The van der Waals surface area contributed by atoms with Crippen molar-refractivity contribution < 1.29 is 14.3 Å². The van der Waals surface area contributed by atoms with Crippen molar-refractivity contribution in [2.45, 2.75) is 19.9 Å². The third-order valence-electron chi connectivity index (χ3n) is 4.42. The molecule has 0 saturated carbocycles. The molecule has 0 bridgehead atoms. The van der Waals surface area contributed by atoms with Crippen LogP contribution < -0.4 is 20.8 Å². The van der Waals surface area contributed by atoms with Gasteiger partial charge in [0.1, 0.15) is 17.5 Å². The van der Waals surface area contributed by atoms with Crippen molar-refractivity contribution in [3.05, 3.63) is 72.1 Å². The summed E-state index contributed by atoms with van der Waals surface area (Å²) in [6.45, 7) is 2.92. The summed E-state index contributed by atoms with van der Waals surface area (Å²) in [5.74, 6) is 0.555. The van der Waals surface area contributed by atoms with Gasteiger partial charge in [-0.3, -0.25) is 4.79 Å². The lowest BCUT2D eigenvalue weighted by molar-refractivity contribution is -0.122. The molecule has 152 valence electrons. The molecule has 0 radical (unpaired) electrons. The Morgan fingerprint density at radius 1 is 1.17 bits per heavy atom. The lowest BCUT2D eigenvalue weighted by Crippen LogP contribution is -2.42. The van der Waals surface area contributed by atoms with Gasteiger partial charge >= 0.3 is 0 Å². The quantitative estimate of drug-likeness (QED) is 0.718. The Balaban J connectivity index is 1.73. The van der Waals surface area contributed by atoms with E-state index in [0.29, 0.717) is 19.0 Å². The second-order valence-corrected chi connectivity index (χ2v) is 6.57. The summed E-state index contributed by atoms with van der Waals surface area (Å²) < 4.78 is 11.0. The number of carbonyl (C=O) groups excluding carboxylic acids is 1. The van der Waals surface area contributed by atoms with E-state index in [0.717, 1.165) is 23.4 Å². The van der Waals surface area contributed by atoms with Crippen LogP contribution in [0.4, 0.5) is 5.69 Å². The van der Waals surface area contributed by atoms with E-state index in [1.807, 2.05) is 61.5 Å². The van der Waals surface area contributed by atoms with Gasteiger partial charge in [0.2, 0.25) is 11.8 Å². The molecule has 1 aliphatic heterocycles. The van der Waals surface area contributed by atoms with E-state index in [2.05, 4.69) is 10.4 Å². The minimum atomic E-state index is -0.694. The number of amidine groups is 1. The summed E-state index contributed by atoms with van der Waals surface area (Å²) in [5, 5.41) is 8.96. The van der Waals surface area contributed by atoms with E-state index in [9.17, 15) is 4.79 Å². The van der Waals surface area contributed by atoms with Crippen molar-refractivity contribution in [3.63, 3.8) is 0 Å². The summed E-state index contributed by atoms with van der Waals surface area (Å²) in [6, 6.07) is 17.1. The molecule has 1 unspecified atom stereocenters. The highest BCUT2D eigenvalue weighted by atomic mass is 16.5. The van der Waals surface area contributed by atoms with Gasteiger partial charge in [0.25, 0.3) is 0 Å². The van der Waals surface area contributed by atoms with Gasteiger partial charge in [0.05, 0.1) is 19.4 Å². The van der Waals surface area contributed by atoms with Gasteiger partial charge in [-0.25, -0.2) is 0 Å². The Hall–Kier alpha value is -3.48. The number of nitrogens with one attached hydrogen (secondary N) is 1. The lowest BCUT2D eigenvalue weighted by Gasteiger charge is -2.28. The smallest absolute Gasteiger partial charge is 0.235 e. The van der Waals surface area contributed by atoms with E-state index in [-0.39, 0.29) is 11.7 Å². The summed E-state index contributed by atoms with van der Waals surface area (Å²) in [7, 11) is 1.62. The number of hydrazone groups is 1. The number of para-hydroxylation sites is 1. The molecule has 3 rings (SSSR count). The molecule has 1 amide bonds. The predicted octanol–water partition coefficient (Wildman–Crippen LogP) is 2.99. The van der Waals surface area contributed by atoms with Gasteiger partial charge in [0, 0.05) is 6.54 Å². The molecule has 0 fully saturated rings. The van der Waals surface area contributed by atoms with Gasteiger partial charge in [-0.2, -0.15) is 10.1 Å². The first-order valence-corrected chi connectivity index (χ1v) is 9.56. The molecular weight excluding hydrogens is 368 g/mol. The molecule has 0 aromatic heterocycles. The fourth-order valence-corrected chi connectivity index (χ4v) is 2.85. The summed E-state index contributed by atoms with van der Waals surface area (Å²) in [4.78, 5) is 12.8. The summed E-state index contributed by atoms with van der Waals surface area (Å²) in [6.07, 6.45) is 2.56. The Kier molecular flexibility index (Phi) is 6.73. The molecule has 1 aliphatic rings. The zero-order valence-corrected chi connectivity index (χ0v) is 16.7. The van der Waals surface area contributed by atoms with Crippen molar-refractivity contribution in [1.29, 1.82) is 0 Å². The summed E-state index contributed by atoms with van der Waals surface area (Å²) in [5.41, 5.74) is 7.91. The highest BCUT2D eigenvalue weighted by Crippen LogP contribution is 2.25.